The number of carbonyl (C=O) groups is 3. The molecule has 0 spiro atoms. The summed E-state index contributed by atoms with van der Waals surface area (Å²) in [6, 6.07) is 5.39. The van der Waals surface area contributed by atoms with Crippen LogP contribution in [0.5, 0.6) is 0 Å². The van der Waals surface area contributed by atoms with Gasteiger partial charge in [0.1, 0.15) is 0 Å². The maximum Gasteiger partial charge on any atom is 0.227 e. The Hall–Kier alpha value is -2.37. The van der Waals surface area contributed by atoms with E-state index in [1.165, 1.54) is 0 Å². The molecule has 0 aliphatic heterocycles. The standard InChI is InChI=1S/C24H33N3O3/c28-22(16-7-1-2-8-16)25-19-13-20(26-23(29)17-9-3-4-10-17)15-21(14-19)27-24(30)18-11-5-6-12-18/h13-18H,1-12H2,(H,25,28)(H,26,29)(H,27,30). The second-order valence-electron chi connectivity index (χ2n) is 9.21. The Balaban J connectivity index is 1.50. The van der Waals surface area contributed by atoms with E-state index < -0.39 is 0 Å². The molecular formula is C24H33N3O3. The fourth-order valence-corrected chi connectivity index (χ4v) is 5.14. The molecule has 0 radical (unpaired) electrons. The zero-order valence-electron chi connectivity index (χ0n) is 17.7. The average molecular weight is 412 g/mol. The molecule has 162 valence electrons. The van der Waals surface area contributed by atoms with Gasteiger partial charge in [-0.3, -0.25) is 14.4 Å². The summed E-state index contributed by atoms with van der Waals surface area (Å²) in [5.74, 6) is 0.245. The maximum atomic E-state index is 12.6. The van der Waals surface area contributed by atoms with Crippen LogP contribution < -0.4 is 16.0 Å². The first kappa shape index (κ1) is 20.9. The van der Waals surface area contributed by atoms with Gasteiger partial charge < -0.3 is 16.0 Å². The van der Waals surface area contributed by atoms with Crippen molar-refractivity contribution >= 4 is 34.8 Å². The molecule has 0 bridgehead atoms. The molecule has 0 atom stereocenters. The molecule has 0 saturated heterocycles. The first-order valence-electron chi connectivity index (χ1n) is 11.7. The fraction of sp³-hybridized carbons (Fsp3) is 0.625. The van der Waals surface area contributed by atoms with Gasteiger partial charge in [-0.05, 0) is 56.7 Å². The summed E-state index contributed by atoms with van der Waals surface area (Å²) in [6.07, 6.45) is 12.1. The lowest BCUT2D eigenvalue weighted by molar-refractivity contribution is -0.120. The highest BCUT2D eigenvalue weighted by Crippen LogP contribution is 2.31. The number of benzene rings is 1. The second kappa shape index (κ2) is 9.63. The summed E-state index contributed by atoms with van der Waals surface area (Å²) in [4.78, 5) is 37.8. The molecular weight excluding hydrogens is 378 g/mol. The number of amides is 3. The molecule has 3 aliphatic rings. The number of anilines is 3. The van der Waals surface area contributed by atoms with E-state index >= 15 is 0 Å². The van der Waals surface area contributed by atoms with Gasteiger partial charge in [0.15, 0.2) is 0 Å². The summed E-state index contributed by atoms with van der Waals surface area (Å²) in [5, 5.41) is 9.03. The average Bonchev–Trinajstić information content (AvgIpc) is 3.51. The Bertz CT molecular complexity index is 672. The van der Waals surface area contributed by atoms with Crippen molar-refractivity contribution in [3.8, 4) is 0 Å². The Labute approximate surface area is 178 Å². The van der Waals surface area contributed by atoms with Crippen LogP contribution in [0.25, 0.3) is 0 Å². The lowest BCUT2D eigenvalue weighted by atomic mass is 10.1. The zero-order valence-corrected chi connectivity index (χ0v) is 17.7. The molecule has 6 nitrogen and oxygen atoms in total. The van der Waals surface area contributed by atoms with E-state index in [1.807, 2.05) is 0 Å². The summed E-state index contributed by atoms with van der Waals surface area (Å²) in [6.45, 7) is 0. The van der Waals surface area contributed by atoms with Crippen molar-refractivity contribution in [1.82, 2.24) is 0 Å². The lowest BCUT2D eigenvalue weighted by Crippen LogP contribution is -2.23. The second-order valence-corrected chi connectivity index (χ2v) is 9.21. The van der Waals surface area contributed by atoms with Crippen LogP contribution in [0, 0.1) is 17.8 Å². The van der Waals surface area contributed by atoms with Gasteiger partial charge in [-0.1, -0.05) is 38.5 Å². The quantitative estimate of drug-likeness (QED) is 0.610. The minimum atomic E-state index is 0.0276. The van der Waals surface area contributed by atoms with Crippen LogP contribution in [-0.2, 0) is 14.4 Å². The molecule has 3 saturated carbocycles. The van der Waals surface area contributed by atoms with Crippen molar-refractivity contribution in [3.05, 3.63) is 18.2 Å². The highest BCUT2D eigenvalue weighted by molar-refractivity contribution is 5.99. The van der Waals surface area contributed by atoms with Gasteiger partial charge in [0.05, 0.1) is 0 Å². The van der Waals surface area contributed by atoms with Crippen molar-refractivity contribution in [2.45, 2.75) is 77.0 Å². The van der Waals surface area contributed by atoms with E-state index in [0.29, 0.717) is 17.1 Å². The molecule has 1 aromatic rings. The molecule has 1 aromatic carbocycles. The number of carbonyl (C=O) groups excluding carboxylic acids is 3. The first-order valence-corrected chi connectivity index (χ1v) is 11.7. The largest absolute Gasteiger partial charge is 0.326 e. The molecule has 3 aliphatic carbocycles. The third kappa shape index (κ3) is 5.21. The van der Waals surface area contributed by atoms with Crippen LogP contribution in [0.1, 0.15) is 77.0 Å². The van der Waals surface area contributed by atoms with Crippen molar-refractivity contribution in [3.63, 3.8) is 0 Å². The summed E-state index contributed by atoms with van der Waals surface area (Å²) < 4.78 is 0. The first-order chi connectivity index (χ1) is 14.6. The monoisotopic (exact) mass is 411 g/mol. The van der Waals surface area contributed by atoms with Crippen molar-refractivity contribution in [1.29, 1.82) is 0 Å². The SMILES string of the molecule is O=C(Nc1cc(NC(=O)C2CCCC2)cc(NC(=O)C2CCCC2)c1)C1CCCC1. The zero-order chi connectivity index (χ0) is 20.9. The molecule has 4 rings (SSSR count). The maximum absolute atomic E-state index is 12.6. The third-order valence-corrected chi connectivity index (χ3v) is 6.91. The highest BCUT2D eigenvalue weighted by Gasteiger charge is 2.26. The number of rotatable bonds is 6. The van der Waals surface area contributed by atoms with E-state index in [0.717, 1.165) is 77.0 Å². The molecule has 3 amide bonds. The topological polar surface area (TPSA) is 87.3 Å². The fourth-order valence-electron chi connectivity index (χ4n) is 5.14. The molecule has 0 aromatic heterocycles. The van der Waals surface area contributed by atoms with Crippen LogP contribution in [0.15, 0.2) is 18.2 Å². The molecule has 30 heavy (non-hydrogen) atoms. The van der Waals surface area contributed by atoms with Crippen LogP contribution in [0.4, 0.5) is 17.1 Å². The number of hydrogen-bond acceptors (Lipinski definition) is 3. The van der Waals surface area contributed by atoms with E-state index in [1.54, 1.807) is 18.2 Å². The van der Waals surface area contributed by atoms with E-state index in [-0.39, 0.29) is 35.5 Å². The molecule has 0 heterocycles. The summed E-state index contributed by atoms with van der Waals surface area (Å²) in [5.41, 5.74) is 1.87. The predicted octanol–water partition coefficient (Wildman–Crippen LogP) is 5.07. The highest BCUT2D eigenvalue weighted by atomic mass is 16.2. The van der Waals surface area contributed by atoms with Gasteiger partial charge >= 0.3 is 0 Å². The van der Waals surface area contributed by atoms with Crippen molar-refractivity contribution in [2.75, 3.05) is 16.0 Å². The van der Waals surface area contributed by atoms with Crippen molar-refractivity contribution in [2.24, 2.45) is 17.8 Å². The Morgan fingerprint density at radius 1 is 0.500 bits per heavy atom. The molecule has 3 N–H and O–H groups in total. The minimum absolute atomic E-state index is 0.0276. The molecule has 6 heteroatoms. The van der Waals surface area contributed by atoms with Crippen LogP contribution in [0.2, 0.25) is 0 Å². The van der Waals surface area contributed by atoms with Gasteiger partial charge in [0, 0.05) is 34.8 Å². The van der Waals surface area contributed by atoms with Crippen LogP contribution in [0.3, 0.4) is 0 Å². The molecule has 0 unspecified atom stereocenters. The smallest absolute Gasteiger partial charge is 0.227 e. The van der Waals surface area contributed by atoms with Gasteiger partial charge in [-0.15, -0.1) is 0 Å². The minimum Gasteiger partial charge on any atom is -0.326 e. The van der Waals surface area contributed by atoms with Gasteiger partial charge in [-0.25, -0.2) is 0 Å². The molecule has 3 fully saturated rings. The number of nitrogens with one attached hydrogen (secondary N) is 3. The van der Waals surface area contributed by atoms with Crippen molar-refractivity contribution < 1.29 is 14.4 Å². The normalized spacial score (nSPS) is 20.4. The Morgan fingerprint density at radius 2 is 0.733 bits per heavy atom. The lowest BCUT2D eigenvalue weighted by Gasteiger charge is -2.17. The number of hydrogen-bond donors (Lipinski definition) is 3. The third-order valence-electron chi connectivity index (χ3n) is 6.91. The van der Waals surface area contributed by atoms with Crippen LogP contribution >= 0.6 is 0 Å². The predicted molar refractivity (Wildman–Crippen MR) is 118 cm³/mol. The Morgan fingerprint density at radius 3 is 0.967 bits per heavy atom. The van der Waals surface area contributed by atoms with Gasteiger partial charge in [0.25, 0.3) is 0 Å². The van der Waals surface area contributed by atoms with E-state index in [2.05, 4.69) is 16.0 Å². The van der Waals surface area contributed by atoms with Crippen LogP contribution in [-0.4, -0.2) is 17.7 Å². The summed E-state index contributed by atoms with van der Waals surface area (Å²) >= 11 is 0. The van der Waals surface area contributed by atoms with E-state index in [9.17, 15) is 14.4 Å². The van der Waals surface area contributed by atoms with Gasteiger partial charge in [0.2, 0.25) is 17.7 Å². The van der Waals surface area contributed by atoms with Gasteiger partial charge in [-0.2, -0.15) is 0 Å². The van der Waals surface area contributed by atoms with E-state index in [4.69, 9.17) is 0 Å². The Kier molecular flexibility index (Phi) is 6.70. The summed E-state index contributed by atoms with van der Waals surface area (Å²) in [7, 11) is 0.